The minimum Gasteiger partial charge on any atom is -0.438 e. The predicted molar refractivity (Wildman–Crippen MR) is 62.5 cm³/mol. The summed E-state index contributed by atoms with van der Waals surface area (Å²) in [7, 11) is 0. The van der Waals surface area contributed by atoms with Crippen LogP contribution in [0.15, 0.2) is 0 Å². The van der Waals surface area contributed by atoms with Gasteiger partial charge in [-0.25, -0.2) is 0 Å². The van der Waals surface area contributed by atoms with E-state index < -0.39 is 43.2 Å². The standard InChI is InChI=1S/C12H19F5O4/c1-5-10(3,4)9(18)21-7-20-8(2)19-6-11(13,14)12(15,16)17/h8H,5-7H2,1-4H3. The number of carbonyl (C=O) groups is 1. The van der Waals surface area contributed by atoms with Gasteiger partial charge in [-0.05, 0) is 27.2 Å². The quantitative estimate of drug-likeness (QED) is 0.390. The van der Waals surface area contributed by atoms with Crippen molar-refractivity contribution in [3.63, 3.8) is 0 Å². The molecule has 0 saturated heterocycles. The predicted octanol–water partition coefficient (Wildman–Crippen LogP) is 3.50. The van der Waals surface area contributed by atoms with Gasteiger partial charge in [0.2, 0.25) is 0 Å². The van der Waals surface area contributed by atoms with E-state index in [0.717, 1.165) is 6.92 Å². The molecule has 126 valence electrons. The fourth-order valence-electron chi connectivity index (χ4n) is 0.875. The average molecular weight is 322 g/mol. The van der Waals surface area contributed by atoms with Crippen LogP contribution in [0.3, 0.4) is 0 Å². The molecule has 0 heterocycles. The summed E-state index contributed by atoms with van der Waals surface area (Å²) >= 11 is 0. The van der Waals surface area contributed by atoms with Crippen LogP contribution in [-0.2, 0) is 19.0 Å². The molecule has 0 aromatic heterocycles. The van der Waals surface area contributed by atoms with Gasteiger partial charge in [0.25, 0.3) is 0 Å². The monoisotopic (exact) mass is 322 g/mol. The van der Waals surface area contributed by atoms with Gasteiger partial charge < -0.3 is 14.2 Å². The van der Waals surface area contributed by atoms with E-state index in [4.69, 9.17) is 9.47 Å². The molecular formula is C12H19F5O4. The van der Waals surface area contributed by atoms with Crippen molar-refractivity contribution in [2.75, 3.05) is 13.4 Å². The summed E-state index contributed by atoms with van der Waals surface area (Å²) in [6, 6.07) is 0. The van der Waals surface area contributed by atoms with E-state index >= 15 is 0 Å². The molecule has 0 aromatic rings. The van der Waals surface area contributed by atoms with Gasteiger partial charge in [0.05, 0.1) is 5.41 Å². The first kappa shape index (κ1) is 20.0. The third-order valence-electron chi connectivity index (χ3n) is 2.84. The van der Waals surface area contributed by atoms with Gasteiger partial charge in [-0.2, -0.15) is 22.0 Å². The largest absolute Gasteiger partial charge is 0.455 e. The van der Waals surface area contributed by atoms with E-state index in [-0.39, 0.29) is 0 Å². The Balaban J connectivity index is 4.08. The zero-order valence-corrected chi connectivity index (χ0v) is 12.2. The van der Waals surface area contributed by atoms with Crippen LogP contribution in [0.4, 0.5) is 22.0 Å². The lowest BCUT2D eigenvalue weighted by Crippen LogP contribution is -2.42. The van der Waals surface area contributed by atoms with Crippen molar-refractivity contribution >= 4 is 5.97 Å². The maximum absolute atomic E-state index is 12.6. The Morgan fingerprint density at radius 3 is 2.05 bits per heavy atom. The number of rotatable bonds is 8. The molecular weight excluding hydrogens is 303 g/mol. The minimum atomic E-state index is -5.69. The van der Waals surface area contributed by atoms with Crippen molar-refractivity contribution in [1.82, 2.24) is 0 Å². The van der Waals surface area contributed by atoms with Gasteiger partial charge in [0, 0.05) is 0 Å². The molecule has 9 heteroatoms. The molecule has 4 nitrogen and oxygen atoms in total. The van der Waals surface area contributed by atoms with Crippen LogP contribution in [0.5, 0.6) is 0 Å². The number of hydrogen-bond acceptors (Lipinski definition) is 4. The van der Waals surface area contributed by atoms with Crippen LogP contribution in [0, 0.1) is 5.41 Å². The number of halogens is 5. The minimum absolute atomic E-state index is 0.510. The van der Waals surface area contributed by atoms with E-state index in [2.05, 4.69) is 4.74 Å². The Hall–Kier alpha value is -0.960. The van der Waals surface area contributed by atoms with Crippen molar-refractivity contribution in [3.8, 4) is 0 Å². The molecule has 0 spiro atoms. The molecule has 0 bridgehead atoms. The molecule has 0 aromatic carbocycles. The number of alkyl halides is 5. The third-order valence-corrected chi connectivity index (χ3v) is 2.84. The van der Waals surface area contributed by atoms with Crippen LogP contribution in [0.1, 0.15) is 34.1 Å². The highest BCUT2D eigenvalue weighted by atomic mass is 19.4. The van der Waals surface area contributed by atoms with Gasteiger partial charge in [0.15, 0.2) is 13.1 Å². The number of esters is 1. The van der Waals surface area contributed by atoms with Crippen molar-refractivity contribution in [3.05, 3.63) is 0 Å². The molecule has 0 N–H and O–H groups in total. The first-order valence-electron chi connectivity index (χ1n) is 6.18. The van der Waals surface area contributed by atoms with Crippen LogP contribution in [0.25, 0.3) is 0 Å². The highest BCUT2D eigenvalue weighted by molar-refractivity contribution is 5.75. The van der Waals surface area contributed by atoms with Crippen LogP contribution in [-0.4, -0.2) is 37.8 Å². The summed E-state index contributed by atoms with van der Waals surface area (Å²) in [5, 5.41) is 0. The second kappa shape index (κ2) is 7.35. The molecule has 0 aliphatic rings. The average Bonchev–Trinajstić information content (AvgIpc) is 2.34. The second-order valence-corrected chi connectivity index (χ2v) is 5.03. The summed E-state index contributed by atoms with van der Waals surface area (Å²) < 4.78 is 74.4. The lowest BCUT2D eigenvalue weighted by Gasteiger charge is -2.23. The van der Waals surface area contributed by atoms with Gasteiger partial charge >= 0.3 is 18.1 Å². The molecule has 21 heavy (non-hydrogen) atoms. The number of carbonyl (C=O) groups excluding carboxylic acids is 1. The van der Waals surface area contributed by atoms with Gasteiger partial charge in [-0.15, -0.1) is 0 Å². The van der Waals surface area contributed by atoms with E-state index in [0.29, 0.717) is 6.42 Å². The third kappa shape index (κ3) is 6.56. The molecule has 1 unspecified atom stereocenters. The maximum atomic E-state index is 12.6. The Bertz CT molecular complexity index is 341. The normalized spacial score (nSPS) is 14.9. The Labute approximate surface area is 119 Å². The molecule has 0 aliphatic carbocycles. The fourth-order valence-corrected chi connectivity index (χ4v) is 0.875. The van der Waals surface area contributed by atoms with Gasteiger partial charge in [-0.3, -0.25) is 4.79 Å². The van der Waals surface area contributed by atoms with Gasteiger partial charge in [0.1, 0.15) is 6.61 Å². The zero-order valence-electron chi connectivity index (χ0n) is 12.2. The smallest absolute Gasteiger partial charge is 0.438 e. The van der Waals surface area contributed by atoms with Crippen LogP contribution < -0.4 is 0 Å². The van der Waals surface area contributed by atoms with Gasteiger partial charge in [-0.1, -0.05) is 6.92 Å². The fraction of sp³-hybridized carbons (Fsp3) is 0.917. The summed E-state index contributed by atoms with van der Waals surface area (Å²) in [5.41, 5.74) is -0.739. The van der Waals surface area contributed by atoms with Crippen molar-refractivity contribution in [2.45, 2.75) is 52.5 Å². The summed E-state index contributed by atoms with van der Waals surface area (Å²) in [4.78, 5) is 11.5. The first-order chi connectivity index (χ1) is 9.33. The number of ether oxygens (including phenoxy) is 3. The Morgan fingerprint density at radius 2 is 1.62 bits per heavy atom. The van der Waals surface area contributed by atoms with E-state index in [1.165, 1.54) is 0 Å². The molecule has 0 radical (unpaired) electrons. The Kier molecular flexibility index (Phi) is 7.01. The summed E-state index contributed by atoms with van der Waals surface area (Å²) in [6.45, 7) is 3.70. The summed E-state index contributed by atoms with van der Waals surface area (Å²) in [5.74, 6) is -5.54. The van der Waals surface area contributed by atoms with Crippen LogP contribution >= 0.6 is 0 Å². The molecule has 0 aliphatic heterocycles. The molecule has 0 saturated carbocycles. The lowest BCUT2D eigenvalue weighted by molar-refractivity contribution is -0.311. The zero-order chi connectivity index (χ0) is 16.9. The highest BCUT2D eigenvalue weighted by Crippen LogP contribution is 2.35. The van der Waals surface area contributed by atoms with Crippen molar-refractivity contribution in [1.29, 1.82) is 0 Å². The van der Waals surface area contributed by atoms with E-state index in [1.807, 2.05) is 0 Å². The van der Waals surface area contributed by atoms with Crippen molar-refractivity contribution < 1.29 is 41.0 Å². The molecule has 0 rings (SSSR count). The van der Waals surface area contributed by atoms with Crippen molar-refractivity contribution in [2.24, 2.45) is 5.41 Å². The Morgan fingerprint density at radius 1 is 1.10 bits per heavy atom. The summed E-state index contributed by atoms with van der Waals surface area (Å²) in [6.07, 6.45) is -6.56. The second-order valence-electron chi connectivity index (χ2n) is 5.03. The maximum Gasteiger partial charge on any atom is 0.455 e. The SMILES string of the molecule is CCC(C)(C)C(=O)OCOC(C)OCC(F)(F)C(F)(F)F. The highest BCUT2D eigenvalue weighted by Gasteiger charge is 2.57. The molecule has 1 atom stereocenters. The molecule has 0 amide bonds. The number of hydrogen-bond donors (Lipinski definition) is 0. The van der Waals surface area contributed by atoms with E-state index in [1.54, 1.807) is 20.8 Å². The topological polar surface area (TPSA) is 44.8 Å². The lowest BCUT2D eigenvalue weighted by atomic mass is 9.91. The first-order valence-corrected chi connectivity index (χ1v) is 6.18. The molecule has 0 fully saturated rings. The van der Waals surface area contributed by atoms with E-state index in [9.17, 15) is 26.7 Å². The van der Waals surface area contributed by atoms with Crippen LogP contribution in [0.2, 0.25) is 0 Å².